The number of benzene rings is 1. The van der Waals surface area contributed by atoms with E-state index in [1.165, 1.54) is 25.7 Å². The summed E-state index contributed by atoms with van der Waals surface area (Å²) in [5.41, 5.74) is 0.451. The van der Waals surface area contributed by atoms with Gasteiger partial charge >= 0.3 is 0 Å². The molecule has 112 valence electrons. The number of nitrogens with zero attached hydrogens (tertiary/aromatic N) is 1. The molecule has 0 spiro atoms. The highest BCUT2D eigenvalue weighted by Crippen LogP contribution is 2.27. The zero-order valence-electron chi connectivity index (χ0n) is 12.5. The van der Waals surface area contributed by atoms with Gasteiger partial charge in [-0.25, -0.2) is 0 Å². The van der Waals surface area contributed by atoms with Crippen molar-refractivity contribution in [3.63, 3.8) is 0 Å². The smallest absolute Gasteiger partial charge is 0.257 e. The van der Waals surface area contributed by atoms with Crippen molar-refractivity contribution >= 4 is 5.91 Å². The van der Waals surface area contributed by atoms with Gasteiger partial charge in [0, 0.05) is 6.54 Å². The maximum atomic E-state index is 11.8. The first kappa shape index (κ1) is 15.4. The molecule has 0 heterocycles. The highest BCUT2D eigenvalue weighted by atomic mass is 16.5. The van der Waals surface area contributed by atoms with Gasteiger partial charge < -0.3 is 10.1 Å². The van der Waals surface area contributed by atoms with E-state index in [4.69, 9.17) is 10.00 Å². The van der Waals surface area contributed by atoms with Gasteiger partial charge in [-0.2, -0.15) is 5.26 Å². The predicted octanol–water partition coefficient (Wildman–Crippen LogP) is 2.88. The number of hydrogen-bond donors (Lipinski definition) is 1. The molecule has 1 aromatic rings. The molecule has 2 rings (SSSR count). The zero-order valence-corrected chi connectivity index (χ0v) is 12.5. The summed E-state index contributed by atoms with van der Waals surface area (Å²) in [4.78, 5) is 11.8. The van der Waals surface area contributed by atoms with E-state index in [-0.39, 0.29) is 12.5 Å². The average Bonchev–Trinajstić information content (AvgIpc) is 2.52. The van der Waals surface area contributed by atoms with Gasteiger partial charge in [0.2, 0.25) is 0 Å². The van der Waals surface area contributed by atoms with Crippen LogP contribution in [0.3, 0.4) is 0 Å². The molecule has 0 aliphatic heterocycles. The van der Waals surface area contributed by atoms with E-state index in [1.807, 2.05) is 0 Å². The quantitative estimate of drug-likeness (QED) is 0.905. The first-order chi connectivity index (χ1) is 10.2. The second-order valence-electron chi connectivity index (χ2n) is 5.83. The molecule has 1 aromatic carbocycles. The summed E-state index contributed by atoms with van der Waals surface area (Å²) in [6.45, 7) is 2.98. The molecule has 0 bridgehead atoms. The molecule has 21 heavy (non-hydrogen) atoms. The summed E-state index contributed by atoms with van der Waals surface area (Å²) in [7, 11) is 0. The summed E-state index contributed by atoms with van der Waals surface area (Å²) in [5.74, 6) is 1.75. The third-order valence-corrected chi connectivity index (χ3v) is 4.09. The summed E-state index contributed by atoms with van der Waals surface area (Å²) in [6.07, 6.45) is 4.90. The number of amides is 1. The van der Waals surface area contributed by atoms with Crippen LogP contribution in [-0.4, -0.2) is 19.1 Å². The second-order valence-corrected chi connectivity index (χ2v) is 5.83. The summed E-state index contributed by atoms with van der Waals surface area (Å²) < 4.78 is 5.41. The summed E-state index contributed by atoms with van der Waals surface area (Å²) in [5, 5.41) is 11.9. The molecule has 1 aliphatic rings. The van der Waals surface area contributed by atoms with E-state index in [9.17, 15) is 4.79 Å². The van der Waals surface area contributed by atoms with Crippen LogP contribution in [0, 0.1) is 23.2 Å². The Morgan fingerprint density at radius 3 is 2.76 bits per heavy atom. The van der Waals surface area contributed by atoms with Crippen LogP contribution in [0.2, 0.25) is 0 Å². The fourth-order valence-electron chi connectivity index (χ4n) is 2.67. The van der Waals surface area contributed by atoms with Gasteiger partial charge in [0.05, 0.1) is 5.56 Å². The molecule has 4 nitrogen and oxygen atoms in total. The summed E-state index contributed by atoms with van der Waals surface area (Å²) in [6, 6.07) is 8.99. The van der Waals surface area contributed by atoms with Crippen molar-refractivity contribution in [3.05, 3.63) is 29.8 Å². The molecule has 1 aliphatic carbocycles. The van der Waals surface area contributed by atoms with Gasteiger partial charge in [0.25, 0.3) is 5.91 Å². The van der Waals surface area contributed by atoms with Crippen LogP contribution in [-0.2, 0) is 4.79 Å². The van der Waals surface area contributed by atoms with Crippen LogP contribution >= 0.6 is 0 Å². The van der Waals surface area contributed by atoms with Crippen LogP contribution in [0.15, 0.2) is 24.3 Å². The topological polar surface area (TPSA) is 62.1 Å². The number of hydrogen-bond acceptors (Lipinski definition) is 3. The average molecular weight is 286 g/mol. The number of carbonyl (C=O) groups excluding carboxylic acids is 1. The number of para-hydroxylation sites is 1. The van der Waals surface area contributed by atoms with Gasteiger partial charge in [-0.3, -0.25) is 4.79 Å². The van der Waals surface area contributed by atoms with Crippen LogP contribution in [0.1, 0.15) is 38.2 Å². The largest absolute Gasteiger partial charge is 0.482 e. The zero-order chi connectivity index (χ0) is 15.1. The Labute approximate surface area is 126 Å². The first-order valence-corrected chi connectivity index (χ1v) is 7.57. The van der Waals surface area contributed by atoms with Crippen molar-refractivity contribution in [2.75, 3.05) is 13.2 Å². The lowest BCUT2D eigenvalue weighted by molar-refractivity contribution is -0.123. The van der Waals surface area contributed by atoms with Crippen molar-refractivity contribution in [1.82, 2.24) is 5.32 Å². The molecular formula is C17H22N2O2. The number of nitrogens with one attached hydrogen (secondary N) is 1. The first-order valence-electron chi connectivity index (χ1n) is 7.57. The number of ether oxygens (including phenoxy) is 1. The van der Waals surface area contributed by atoms with Gasteiger partial charge in [0.1, 0.15) is 11.8 Å². The maximum absolute atomic E-state index is 11.8. The predicted molar refractivity (Wildman–Crippen MR) is 80.8 cm³/mol. The Hall–Kier alpha value is -2.02. The SMILES string of the molecule is CC1CCC(CNC(=O)COc2ccccc2C#N)CC1. The molecule has 0 unspecified atom stereocenters. The van der Waals surface area contributed by atoms with E-state index >= 15 is 0 Å². The lowest BCUT2D eigenvalue weighted by Crippen LogP contribution is -2.34. The van der Waals surface area contributed by atoms with Gasteiger partial charge in [-0.1, -0.05) is 31.9 Å². The minimum absolute atomic E-state index is 0.0399. The highest BCUT2D eigenvalue weighted by Gasteiger charge is 2.18. The lowest BCUT2D eigenvalue weighted by Gasteiger charge is -2.26. The van der Waals surface area contributed by atoms with Crippen molar-refractivity contribution in [3.8, 4) is 11.8 Å². The lowest BCUT2D eigenvalue weighted by atomic mass is 9.83. The number of rotatable bonds is 5. The summed E-state index contributed by atoms with van der Waals surface area (Å²) >= 11 is 0. The molecule has 4 heteroatoms. The van der Waals surface area contributed by atoms with Crippen LogP contribution in [0.5, 0.6) is 5.75 Å². The van der Waals surface area contributed by atoms with Crippen molar-refractivity contribution in [2.24, 2.45) is 11.8 Å². The highest BCUT2D eigenvalue weighted by molar-refractivity contribution is 5.77. The Balaban J connectivity index is 1.71. The monoisotopic (exact) mass is 286 g/mol. The standard InChI is InChI=1S/C17H22N2O2/c1-13-6-8-14(9-7-13)11-19-17(20)12-21-16-5-3-2-4-15(16)10-18/h2-5,13-14H,6-9,11-12H2,1H3,(H,19,20). The van der Waals surface area contributed by atoms with E-state index in [2.05, 4.69) is 18.3 Å². The number of carbonyl (C=O) groups is 1. The molecular weight excluding hydrogens is 264 g/mol. The van der Waals surface area contributed by atoms with E-state index in [0.717, 1.165) is 12.5 Å². The molecule has 1 saturated carbocycles. The fourth-order valence-corrected chi connectivity index (χ4v) is 2.67. The van der Waals surface area contributed by atoms with E-state index in [1.54, 1.807) is 24.3 Å². The van der Waals surface area contributed by atoms with Crippen molar-refractivity contribution in [1.29, 1.82) is 5.26 Å². The Morgan fingerprint density at radius 2 is 2.05 bits per heavy atom. The van der Waals surface area contributed by atoms with Gasteiger partial charge in [-0.15, -0.1) is 0 Å². The third-order valence-electron chi connectivity index (χ3n) is 4.09. The van der Waals surface area contributed by atoms with Crippen LogP contribution in [0.4, 0.5) is 0 Å². The molecule has 0 atom stereocenters. The van der Waals surface area contributed by atoms with Crippen LogP contribution < -0.4 is 10.1 Å². The molecule has 1 N–H and O–H groups in total. The maximum Gasteiger partial charge on any atom is 0.257 e. The second kappa shape index (κ2) is 7.68. The Bertz CT molecular complexity index is 514. The normalized spacial score (nSPS) is 21.3. The van der Waals surface area contributed by atoms with Crippen molar-refractivity contribution < 1.29 is 9.53 Å². The molecule has 1 fully saturated rings. The molecule has 0 aromatic heterocycles. The molecule has 0 saturated heterocycles. The van der Waals surface area contributed by atoms with Crippen molar-refractivity contribution in [2.45, 2.75) is 32.6 Å². The Kier molecular flexibility index (Phi) is 5.62. The number of nitriles is 1. The fraction of sp³-hybridized carbons (Fsp3) is 0.529. The Morgan fingerprint density at radius 1 is 1.33 bits per heavy atom. The minimum atomic E-state index is -0.124. The molecule has 1 amide bonds. The minimum Gasteiger partial charge on any atom is -0.482 e. The molecule has 0 radical (unpaired) electrons. The van der Waals surface area contributed by atoms with E-state index < -0.39 is 0 Å². The third kappa shape index (κ3) is 4.78. The van der Waals surface area contributed by atoms with Gasteiger partial charge in [-0.05, 0) is 36.8 Å². The van der Waals surface area contributed by atoms with Crippen LogP contribution in [0.25, 0.3) is 0 Å². The van der Waals surface area contributed by atoms with E-state index in [0.29, 0.717) is 17.2 Å². The van der Waals surface area contributed by atoms with Gasteiger partial charge in [0.15, 0.2) is 6.61 Å².